The minimum Gasteiger partial charge on any atom is -0.504 e. The summed E-state index contributed by atoms with van der Waals surface area (Å²) in [5.74, 6) is 0.548. The number of phenols is 1. The molecule has 1 aliphatic carbocycles. The molecule has 24 heavy (non-hydrogen) atoms. The van der Waals surface area contributed by atoms with Crippen molar-refractivity contribution in [2.45, 2.75) is 32.0 Å². The van der Waals surface area contributed by atoms with Crippen molar-refractivity contribution in [1.29, 1.82) is 0 Å². The highest BCUT2D eigenvalue weighted by atomic mass is 16.5. The van der Waals surface area contributed by atoms with Gasteiger partial charge in [0.2, 0.25) is 0 Å². The summed E-state index contributed by atoms with van der Waals surface area (Å²) in [7, 11) is 0. The van der Waals surface area contributed by atoms with Crippen LogP contribution in [-0.2, 0) is 0 Å². The maximum absolute atomic E-state index is 13.0. The fourth-order valence-corrected chi connectivity index (χ4v) is 3.26. The molecule has 1 fully saturated rings. The summed E-state index contributed by atoms with van der Waals surface area (Å²) in [6.45, 7) is 2.35. The molecular weight excluding hydrogens is 304 g/mol. The Morgan fingerprint density at radius 1 is 1.21 bits per heavy atom. The lowest BCUT2D eigenvalue weighted by Gasteiger charge is -2.38. The van der Waals surface area contributed by atoms with Crippen molar-refractivity contribution < 1.29 is 14.6 Å². The SMILES string of the molecule is CCOc1cccc([C@H]2Nc3ccccc3C(=O)N2C2CC2)c1O. The quantitative estimate of drug-likeness (QED) is 0.903. The summed E-state index contributed by atoms with van der Waals surface area (Å²) in [6, 6.07) is 13.2. The zero-order chi connectivity index (χ0) is 16.7. The second-order valence-electron chi connectivity index (χ2n) is 6.16. The third kappa shape index (κ3) is 2.37. The van der Waals surface area contributed by atoms with Crippen molar-refractivity contribution >= 4 is 11.6 Å². The van der Waals surface area contributed by atoms with E-state index in [1.165, 1.54) is 0 Å². The lowest BCUT2D eigenvalue weighted by molar-refractivity contribution is 0.0664. The Hall–Kier alpha value is -2.69. The largest absolute Gasteiger partial charge is 0.504 e. The number of hydrogen-bond donors (Lipinski definition) is 2. The van der Waals surface area contributed by atoms with Crippen LogP contribution in [0, 0.1) is 0 Å². The van der Waals surface area contributed by atoms with Gasteiger partial charge in [-0.05, 0) is 38.0 Å². The monoisotopic (exact) mass is 324 g/mol. The van der Waals surface area contributed by atoms with Crippen molar-refractivity contribution in [2.24, 2.45) is 0 Å². The predicted octanol–water partition coefficient (Wildman–Crippen LogP) is 3.52. The van der Waals surface area contributed by atoms with E-state index in [4.69, 9.17) is 4.74 Å². The number of nitrogens with zero attached hydrogens (tertiary/aromatic N) is 1. The molecule has 5 heteroatoms. The molecule has 1 amide bonds. The first-order valence-corrected chi connectivity index (χ1v) is 8.33. The molecule has 5 nitrogen and oxygen atoms in total. The molecule has 2 aliphatic rings. The first kappa shape index (κ1) is 14.9. The van der Waals surface area contributed by atoms with Gasteiger partial charge in [0.25, 0.3) is 5.91 Å². The van der Waals surface area contributed by atoms with Crippen LogP contribution >= 0.6 is 0 Å². The molecule has 0 spiro atoms. The van der Waals surface area contributed by atoms with Crippen LogP contribution in [-0.4, -0.2) is 28.6 Å². The van der Waals surface area contributed by atoms with Gasteiger partial charge in [-0.15, -0.1) is 0 Å². The third-order valence-corrected chi connectivity index (χ3v) is 4.53. The average Bonchev–Trinajstić information content (AvgIpc) is 3.42. The summed E-state index contributed by atoms with van der Waals surface area (Å²) in [5.41, 5.74) is 2.14. The summed E-state index contributed by atoms with van der Waals surface area (Å²) in [4.78, 5) is 14.8. The molecule has 4 rings (SSSR count). The number of para-hydroxylation sites is 2. The van der Waals surface area contributed by atoms with E-state index >= 15 is 0 Å². The van der Waals surface area contributed by atoms with Gasteiger partial charge in [0.15, 0.2) is 11.5 Å². The van der Waals surface area contributed by atoms with Gasteiger partial charge in [-0.2, -0.15) is 0 Å². The van der Waals surface area contributed by atoms with E-state index in [-0.39, 0.29) is 23.9 Å². The minimum absolute atomic E-state index is 0.0121. The summed E-state index contributed by atoms with van der Waals surface area (Å²) in [5, 5.41) is 14.0. The first-order chi connectivity index (χ1) is 11.7. The van der Waals surface area contributed by atoms with Crippen LogP contribution in [0.3, 0.4) is 0 Å². The Morgan fingerprint density at radius 2 is 2.00 bits per heavy atom. The van der Waals surface area contributed by atoms with Crippen molar-refractivity contribution in [2.75, 3.05) is 11.9 Å². The number of fused-ring (bicyclic) bond motifs is 1. The van der Waals surface area contributed by atoms with E-state index in [1.807, 2.05) is 48.2 Å². The third-order valence-electron chi connectivity index (χ3n) is 4.53. The van der Waals surface area contributed by atoms with Crippen LogP contribution < -0.4 is 10.1 Å². The van der Waals surface area contributed by atoms with Gasteiger partial charge in [0, 0.05) is 17.3 Å². The topological polar surface area (TPSA) is 61.8 Å². The van der Waals surface area contributed by atoms with Crippen molar-refractivity contribution in [3.05, 3.63) is 53.6 Å². The number of nitrogens with one attached hydrogen (secondary N) is 1. The average molecular weight is 324 g/mol. The lowest BCUT2D eigenvalue weighted by Crippen LogP contribution is -2.44. The summed E-state index contributed by atoms with van der Waals surface area (Å²) < 4.78 is 5.49. The summed E-state index contributed by atoms with van der Waals surface area (Å²) >= 11 is 0. The fraction of sp³-hybridized carbons (Fsp3) is 0.316. The molecule has 0 bridgehead atoms. The van der Waals surface area contributed by atoms with Crippen LogP contribution in [0.1, 0.15) is 41.9 Å². The molecule has 124 valence electrons. The molecule has 0 saturated heterocycles. The molecule has 0 unspecified atom stereocenters. The highest BCUT2D eigenvalue weighted by molar-refractivity contribution is 6.02. The van der Waals surface area contributed by atoms with Gasteiger partial charge in [-0.1, -0.05) is 24.3 Å². The second-order valence-corrected chi connectivity index (χ2v) is 6.16. The van der Waals surface area contributed by atoms with Crippen LogP contribution in [0.4, 0.5) is 5.69 Å². The Bertz CT molecular complexity index is 786. The Kier molecular flexibility index (Phi) is 3.56. The van der Waals surface area contributed by atoms with Gasteiger partial charge < -0.3 is 20.1 Å². The maximum atomic E-state index is 13.0. The van der Waals surface area contributed by atoms with Gasteiger partial charge in [0.1, 0.15) is 6.17 Å². The zero-order valence-electron chi connectivity index (χ0n) is 13.5. The molecule has 1 aliphatic heterocycles. The standard InChI is InChI=1S/C19H20N2O3/c1-2-24-16-9-5-7-14(17(16)22)18-20-15-8-4-3-6-13(15)19(23)21(18)12-10-11-12/h3-9,12,18,20,22H,2,10-11H2,1H3/t18-/m0/s1. The molecule has 0 radical (unpaired) electrons. The zero-order valence-corrected chi connectivity index (χ0v) is 13.5. The van der Waals surface area contributed by atoms with Crippen LogP contribution in [0.2, 0.25) is 0 Å². The Balaban J connectivity index is 1.79. The normalized spacial score (nSPS) is 19.6. The number of anilines is 1. The number of phenolic OH excluding ortho intramolecular Hbond substituents is 1. The number of benzene rings is 2. The molecule has 1 heterocycles. The highest BCUT2D eigenvalue weighted by Crippen LogP contribution is 2.44. The predicted molar refractivity (Wildman–Crippen MR) is 91.3 cm³/mol. The van der Waals surface area contributed by atoms with Gasteiger partial charge in [0.05, 0.1) is 12.2 Å². The first-order valence-electron chi connectivity index (χ1n) is 8.33. The number of hydrogen-bond acceptors (Lipinski definition) is 4. The van der Waals surface area contributed by atoms with Crippen LogP contribution in [0.5, 0.6) is 11.5 Å². The van der Waals surface area contributed by atoms with E-state index < -0.39 is 0 Å². The summed E-state index contributed by atoms with van der Waals surface area (Å²) in [6.07, 6.45) is 1.61. The number of carbonyl (C=O) groups is 1. The second kappa shape index (κ2) is 5.74. The van der Waals surface area contributed by atoms with Crippen molar-refractivity contribution in [3.8, 4) is 11.5 Å². The molecule has 2 N–H and O–H groups in total. The number of ether oxygens (including phenoxy) is 1. The molecule has 0 aromatic heterocycles. The van der Waals surface area contributed by atoms with Crippen LogP contribution in [0.15, 0.2) is 42.5 Å². The molecule has 1 atom stereocenters. The molecule has 1 saturated carbocycles. The Morgan fingerprint density at radius 3 is 2.75 bits per heavy atom. The minimum atomic E-state index is -0.389. The van der Waals surface area contributed by atoms with Crippen molar-refractivity contribution in [1.82, 2.24) is 4.90 Å². The lowest BCUT2D eigenvalue weighted by atomic mass is 10.0. The van der Waals surface area contributed by atoms with E-state index in [0.29, 0.717) is 23.5 Å². The van der Waals surface area contributed by atoms with Gasteiger partial charge in [-0.25, -0.2) is 0 Å². The number of carbonyl (C=O) groups excluding carboxylic acids is 1. The van der Waals surface area contributed by atoms with Gasteiger partial charge in [-0.3, -0.25) is 4.79 Å². The molecular formula is C19H20N2O3. The number of amides is 1. The maximum Gasteiger partial charge on any atom is 0.258 e. The van der Waals surface area contributed by atoms with E-state index in [1.54, 1.807) is 6.07 Å². The Labute approximate surface area is 140 Å². The van der Waals surface area contributed by atoms with Crippen molar-refractivity contribution in [3.63, 3.8) is 0 Å². The molecule has 2 aromatic rings. The smallest absolute Gasteiger partial charge is 0.258 e. The van der Waals surface area contributed by atoms with Gasteiger partial charge >= 0.3 is 0 Å². The van der Waals surface area contributed by atoms with E-state index in [9.17, 15) is 9.90 Å². The number of rotatable bonds is 4. The molecule has 2 aromatic carbocycles. The van der Waals surface area contributed by atoms with Crippen LogP contribution in [0.25, 0.3) is 0 Å². The fourth-order valence-electron chi connectivity index (χ4n) is 3.26. The highest BCUT2D eigenvalue weighted by Gasteiger charge is 2.42. The van der Waals surface area contributed by atoms with E-state index in [0.717, 1.165) is 18.5 Å². The van der Waals surface area contributed by atoms with E-state index in [2.05, 4.69) is 5.32 Å². The number of aromatic hydroxyl groups is 1.